The predicted octanol–water partition coefficient (Wildman–Crippen LogP) is 2.95. The van der Waals surface area contributed by atoms with Gasteiger partial charge in [-0.15, -0.1) is 0 Å². The average molecular weight is 447 g/mol. The number of halogens is 1. The molecule has 146 valence electrons. The van der Waals surface area contributed by atoms with Gasteiger partial charge in [0.2, 0.25) is 0 Å². The Morgan fingerprint density at radius 1 is 1.21 bits per heavy atom. The number of amides is 1. The number of ether oxygens (including phenoxy) is 1. The van der Waals surface area contributed by atoms with Crippen molar-refractivity contribution in [3.63, 3.8) is 0 Å². The molecule has 2 aromatic heterocycles. The summed E-state index contributed by atoms with van der Waals surface area (Å²) in [5.41, 5.74) is 0.111. The van der Waals surface area contributed by atoms with Crippen molar-refractivity contribution in [2.75, 3.05) is 32.8 Å². The molecule has 0 radical (unpaired) electrons. The summed E-state index contributed by atoms with van der Waals surface area (Å²) in [6.45, 7) is 3.11. The third-order valence-corrected chi connectivity index (χ3v) is 5.22. The molecule has 28 heavy (non-hydrogen) atoms. The quantitative estimate of drug-likeness (QED) is 0.648. The molecular weight excluding hydrogens is 428 g/mol. The third-order valence-electron chi connectivity index (χ3n) is 4.73. The lowest BCUT2D eigenvalue weighted by Crippen LogP contribution is -2.43. The van der Waals surface area contributed by atoms with Crippen molar-refractivity contribution in [2.45, 2.75) is 6.04 Å². The van der Waals surface area contributed by atoms with Gasteiger partial charge in [0.25, 0.3) is 5.91 Å². The molecule has 1 aliphatic rings. The minimum Gasteiger partial charge on any atom is -0.468 e. The van der Waals surface area contributed by atoms with Crippen LogP contribution in [0.3, 0.4) is 0 Å². The Morgan fingerprint density at radius 3 is 2.79 bits per heavy atom. The van der Waals surface area contributed by atoms with E-state index in [1.165, 1.54) is 6.07 Å². The molecule has 1 aromatic carbocycles. The van der Waals surface area contributed by atoms with Crippen LogP contribution >= 0.6 is 15.9 Å². The summed E-state index contributed by atoms with van der Waals surface area (Å²) in [5, 5.41) is 3.29. The molecule has 0 saturated carbocycles. The van der Waals surface area contributed by atoms with Crippen LogP contribution in [-0.4, -0.2) is 43.7 Å². The van der Waals surface area contributed by atoms with Gasteiger partial charge in [0.1, 0.15) is 11.3 Å². The lowest BCUT2D eigenvalue weighted by atomic mass is 10.1. The number of hydrogen-bond donors (Lipinski definition) is 1. The van der Waals surface area contributed by atoms with Crippen LogP contribution in [-0.2, 0) is 4.74 Å². The fraction of sp³-hybridized carbons (Fsp3) is 0.300. The van der Waals surface area contributed by atoms with E-state index in [1.54, 1.807) is 24.5 Å². The molecule has 1 amide bonds. The van der Waals surface area contributed by atoms with E-state index < -0.39 is 5.91 Å². The van der Waals surface area contributed by atoms with Gasteiger partial charge in [-0.2, -0.15) is 0 Å². The van der Waals surface area contributed by atoms with Crippen LogP contribution in [0.5, 0.6) is 0 Å². The maximum Gasteiger partial charge on any atom is 0.287 e. The Hall–Kier alpha value is -2.42. The second-order valence-electron chi connectivity index (χ2n) is 6.50. The molecule has 8 heteroatoms. The van der Waals surface area contributed by atoms with E-state index in [4.69, 9.17) is 13.6 Å². The summed E-state index contributed by atoms with van der Waals surface area (Å²) in [7, 11) is 0. The molecule has 7 nitrogen and oxygen atoms in total. The van der Waals surface area contributed by atoms with Crippen LogP contribution < -0.4 is 10.7 Å². The second-order valence-corrected chi connectivity index (χ2v) is 7.42. The van der Waals surface area contributed by atoms with E-state index in [0.29, 0.717) is 30.7 Å². The van der Waals surface area contributed by atoms with Crippen LogP contribution in [0, 0.1) is 0 Å². The highest BCUT2D eigenvalue weighted by molar-refractivity contribution is 9.10. The molecule has 1 fully saturated rings. The van der Waals surface area contributed by atoms with E-state index >= 15 is 0 Å². The number of benzene rings is 1. The van der Waals surface area contributed by atoms with Gasteiger partial charge in [-0.3, -0.25) is 14.5 Å². The Kier molecular flexibility index (Phi) is 5.61. The maximum atomic E-state index is 12.6. The Balaban J connectivity index is 1.53. The zero-order valence-corrected chi connectivity index (χ0v) is 16.6. The first-order chi connectivity index (χ1) is 13.6. The van der Waals surface area contributed by atoms with Crippen molar-refractivity contribution >= 4 is 32.8 Å². The first-order valence-electron chi connectivity index (χ1n) is 8.98. The van der Waals surface area contributed by atoms with Gasteiger partial charge in [-0.25, -0.2) is 0 Å². The molecule has 3 heterocycles. The predicted molar refractivity (Wildman–Crippen MR) is 106 cm³/mol. The molecule has 0 aliphatic carbocycles. The molecule has 3 aromatic rings. The first kappa shape index (κ1) is 18.9. The topological polar surface area (TPSA) is 84.9 Å². The molecule has 0 unspecified atom stereocenters. The summed E-state index contributed by atoms with van der Waals surface area (Å²) < 4.78 is 17.4. The van der Waals surface area contributed by atoms with Crippen LogP contribution in [0.4, 0.5) is 0 Å². The van der Waals surface area contributed by atoms with Crippen molar-refractivity contribution in [2.24, 2.45) is 0 Å². The second kappa shape index (κ2) is 8.30. The fourth-order valence-corrected chi connectivity index (χ4v) is 3.66. The molecule has 1 saturated heterocycles. The monoisotopic (exact) mass is 446 g/mol. The number of nitrogens with one attached hydrogen (secondary N) is 1. The summed E-state index contributed by atoms with van der Waals surface area (Å²) >= 11 is 3.33. The van der Waals surface area contributed by atoms with Gasteiger partial charge < -0.3 is 18.9 Å². The molecule has 0 spiro atoms. The summed E-state index contributed by atoms with van der Waals surface area (Å²) in [5.74, 6) is 0.318. The van der Waals surface area contributed by atoms with Gasteiger partial charge >= 0.3 is 0 Å². The zero-order chi connectivity index (χ0) is 19.5. The average Bonchev–Trinajstić information content (AvgIpc) is 3.24. The van der Waals surface area contributed by atoms with E-state index in [1.807, 2.05) is 12.1 Å². The van der Waals surface area contributed by atoms with Crippen LogP contribution in [0.1, 0.15) is 22.4 Å². The minimum absolute atomic E-state index is 0.0139. The van der Waals surface area contributed by atoms with E-state index in [-0.39, 0.29) is 17.2 Å². The normalized spacial score (nSPS) is 16.2. The smallest absolute Gasteiger partial charge is 0.287 e. The van der Waals surface area contributed by atoms with E-state index in [9.17, 15) is 9.59 Å². The summed E-state index contributed by atoms with van der Waals surface area (Å²) in [6, 6.07) is 9.92. The van der Waals surface area contributed by atoms with Gasteiger partial charge in [0.15, 0.2) is 11.2 Å². The lowest BCUT2D eigenvalue weighted by molar-refractivity contribution is 0.0117. The van der Waals surface area contributed by atoms with Crippen LogP contribution in [0.2, 0.25) is 0 Å². The van der Waals surface area contributed by atoms with Gasteiger partial charge in [0.05, 0.1) is 30.9 Å². The highest BCUT2D eigenvalue weighted by atomic mass is 79.9. The first-order valence-corrected chi connectivity index (χ1v) is 9.78. The summed E-state index contributed by atoms with van der Waals surface area (Å²) in [4.78, 5) is 27.2. The molecule has 4 rings (SSSR count). The maximum absolute atomic E-state index is 12.6. The number of morpholine rings is 1. The van der Waals surface area contributed by atoms with Gasteiger partial charge in [-0.1, -0.05) is 15.9 Å². The fourth-order valence-electron chi connectivity index (χ4n) is 3.30. The number of hydrogen-bond acceptors (Lipinski definition) is 6. The Morgan fingerprint density at radius 2 is 2.04 bits per heavy atom. The zero-order valence-electron chi connectivity index (χ0n) is 15.0. The molecular formula is C20H19BrN2O5. The Labute approximate surface area is 169 Å². The molecule has 1 aliphatic heterocycles. The van der Waals surface area contributed by atoms with Crippen LogP contribution in [0.25, 0.3) is 11.0 Å². The van der Waals surface area contributed by atoms with Crippen LogP contribution in [0.15, 0.2) is 60.8 Å². The molecule has 1 N–H and O–H groups in total. The van der Waals surface area contributed by atoms with Gasteiger partial charge in [-0.05, 0) is 30.3 Å². The number of rotatable bonds is 5. The number of carbonyl (C=O) groups is 1. The minimum atomic E-state index is -0.438. The van der Waals surface area contributed by atoms with Crippen molar-refractivity contribution in [1.29, 1.82) is 0 Å². The Bertz CT molecular complexity index is 1020. The van der Waals surface area contributed by atoms with E-state index in [2.05, 4.69) is 26.1 Å². The lowest BCUT2D eigenvalue weighted by Gasteiger charge is -2.33. The highest BCUT2D eigenvalue weighted by Gasteiger charge is 2.26. The largest absolute Gasteiger partial charge is 0.468 e. The SMILES string of the molecule is O=C(NC[C@H](c1ccco1)N1CCOCC1)c1cc(=O)c2cc(Br)ccc2o1. The van der Waals surface area contributed by atoms with Gasteiger partial charge in [0, 0.05) is 30.2 Å². The van der Waals surface area contributed by atoms with Crippen molar-refractivity contribution in [3.05, 3.63) is 68.9 Å². The van der Waals surface area contributed by atoms with E-state index in [0.717, 1.165) is 23.3 Å². The summed E-state index contributed by atoms with van der Waals surface area (Å²) in [6.07, 6.45) is 1.62. The van der Waals surface area contributed by atoms with Crippen molar-refractivity contribution < 1.29 is 18.4 Å². The molecule has 0 bridgehead atoms. The van der Waals surface area contributed by atoms with Crippen molar-refractivity contribution in [1.82, 2.24) is 10.2 Å². The number of nitrogens with zero attached hydrogens (tertiary/aromatic N) is 1. The number of fused-ring (bicyclic) bond motifs is 1. The third kappa shape index (κ3) is 4.04. The number of carbonyl (C=O) groups excluding carboxylic acids is 1. The molecule has 1 atom stereocenters. The highest BCUT2D eigenvalue weighted by Crippen LogP contribution is 2.22. The van der Waals surface area contributed by atoms with Crippen molar-refractivity contribution in [3.8, 4) is 0 Å². The number of furan rings is 1. The standard InChI is InChI=1S/C20H19BrN2O5/c21-13-3-4-17-14(10-13)16(24)11-19(28-17)20(25)22-12-15(18-2-1-7-27-18)23-5-8-26-9-6-23/h1-4,7,10-11,15H,5-6,8-9,12H2,(H,22,25)/t15-/m1/s1.